The summed E-state index contributed by atoms with van der Waals surface area (Å²) >= 11 is 0. The third-order valence-electron chi connectivity index (χ3n) is 2.89. The van der Waals surface area contributed by atoms with Gasteiger partial charge in [-0.05, 0) is 19.3 Å². The van der Waals surface area contributed by atoms with Crippen LogP contribution in [0.1, 0.15) is 32.6 Å². The van der Waals surface area contributed by atoms with Gasteiger partial charge in [-0.1, -0.05) is 6.92 Å². The lowest BCUT2D eigenvalue weighted by atomic mass is 10.2. The van der Waals surface area contributed by atoms with Gasteiger partial charge in [-0.25, -0.2) is 0 Å². The van der Waals surface area contributed by atoms with E-state index >= 15 is 0 Å². The lowest BCUT2D eigenvalue weighted by Crippen LogP contribution is -2.38. The monoisotopic (exact) mass is 228 g/mol. The Labute approximate surface area is 95.8 Å². The first-order valence-corrected chi connectivity index (χ1v) is 5.89. The van der Waals surface area contributed by atoms with Crippen LogP contribution in [0.15, 0.2) is 0 Å². The van der Waals surface area contributed by atoms with Crippen molar-refractivity contribution in [3.05, 3.63) is 0 Å². The van der Waals surface area contributed by atoms with Crippen LogP contribution >= 0.6 is 0 Å². The normalized spacial score (nSPS) is 17.4. The van der Waals surface area contributed by atoms with Gasteiger partial charge in [0.1, 0.15) is 6.04 Å². The third-order valence-corrected chi connectivity index (χ3v) is 2.89. The number of aliphatic carboxylic acids is 1. The molecule has 92 valence electrons. The average molecular weight is 228 g/mol. The van der Waals surface area contributed by atoms with Crippen LogP contribution in [0.4, 0.5) is 0 Å². The van der Waals surface area contributed by atoms with Crippen molar-refractivity contribution in [3.63, 3.8) is 0 Å². The van der Waals surface area contributed by atoms with E-state index in [4.69, 9.17) is 5.11 Å². The molecule has 0 spiro atoms. The van der Waals surface area contributed by atoms with E-state index in [1.807, 2.05) is 11.8 Å². The lowest BCUT2D eigenvalue weighted by Gasteiger charge is -2.16. The van der Waals surface area contributed by atoms with Crippen LogP contribution in [0.2, 0.25) is 0 Å². The van der Waals surface area contributed by atoms with Gasteiger partial charge in [0.05, 0.1) is 0 Å². The van der Waals surface area contributed by atoms with E-state index in [2.05, 4.69) is 5.32 Å². The standard InChI is InChI=1S/C11H20N2O3/c1-2-9(11(15)16)12-6-5-10(14)13-7-3-4-8-13/h9,12H,2-8H2,1H3,(H,15,16). The van der Waals surface area contributed by atoms with Gasteiger partial charge in [0.2, 0.25) is 5.91 Å². The maximum atomic E-state index is 11.6. The molecule has 1 aliphatic rings. The number of hydrogen-bond donors (Lipinski definition) is 2. The minimum absolute atomic E-state index is 0.130. The molecule has 1 aliphatic heterocycles. The summed E-state index contributed by atoms with van der Waals surface area (Å²) in [6.45, 7) is 3.97. The van der Waals surface area contributed by atoms with Crippen LogP contribution < -0.4 is 5.32 Å². The van der Waals surface area contributed by atoms with E-state index in [1.165, 1.54) is 0 Å². The van der Waals surface area contributed by atoms with Crippen molar-refractivity contribution in [1.29, 1.82) is 0 Å². The second-order valence-corrected chi connectivity index (χ2v) is 4.09. The van der Waals surface area contributed by atoms with Crippen LogP contribution in [0.5, 0.6) is 0 Å². The Bertz CT molecular complexity index is 250. The highest BCUT2D eigenvalue weighted by Gasteiger charge is 2.18. The zero-order valence-electron chi connectivity index (χ0n) is 9.74. The van der Waals surface area contributed by atoms with Crippen LogP contribution in [0.3, 0.4) is 0 Å². The van der Waals surface area contributed by atoms with Crippen molar-refractivity contribution in [1.82, 2.24) is 10.2 Å². The Kier molecular flexibility index (Phi) is 5.25. The molecule has 1 atom stereocenters. The lowest BCUT2D eigenvalue weighted by molar-refractivity contribution is -0.140. The Morgan fingerprint density at radius 1 is 1.38 bits per heavy atom. The summed E-state index contributed by atoms with van der Waals surface area (Å²) in [6, 6.07) is -0.536. The smallest absolute Gasteiger partial charge is 0.320 e. The highest BCUT2D eigenvalue weighted by atomic mass is 16.4. The SMILES string of the molecule is CCC(NCCC(=O)N1CCCC1)C(=O)O. The van der Waals surface area contributed by atoms with Crippen LogP contribution in [-0.4, -0.2) is 47.6 Å². The molecule has 0 aliphatic carbocycles. The predicted octanol–water partition coefficient (Wildman–Crippen LogP) is 0.452. The Hall–Kier alpha value is -1.10. The van der Waals surface area contributed by atoms with Crippen LogP contribution in [-0.2, 0) is 9.59 Å². The number of likely N-dealkylation sites (tertiary alicyclic amines) is 1. The van der Waals surface area contributed by atoms with Crippen LogP contribution in [0, 0.1) is 0 Å². The Balaban J connectivity index is 2.18. The molecule has 1 rings (SSSR count). The average Bonchev–Trinajstić information content (AvgIpc) is 2.76. The molecule has 1 heterocycles. The number of nitrogens with one attached hydrogen (secondary N) is 1. The Morgan fingerprint density at radius 3 is 2.50 bits per heavy atom. The molecule has 5 heteroatoms. The quantitative estimate of drug-likeness (QED) is 0.692. The molecular formula is C11H20N2O3. The summed E-state index contributed by atoms with van der Waals surface area (Å²) in [5, 5.41) is 11.7. The predicted molar refractivity (Wildman–Crippen MR) is 60.1 cm³/mol. The number of rotatable bonds is 6. The molecule has 1 amide bonds. The maximum absolute atomic E-state index is 11.6. The van der Waals surface area contributed by atoms with Crippen molar-refractivity contribution >= 4 is 11.9 Å². The van der Waals surface area contributed by atoms with Gasteiger partial charge in [0, 0.05) is 26.1 Å². The van der Waals surface area contributed by atoms with Gasteiger partial charge in [-0.15, -0.1) is 0 Å². The molecule has 2 N–H and O–H groups in total. The zero-order valence-corrected chi connectivity index (χ0v) is 9.74. The third kappa shape index (κ3) is 3.81. The highest BCUT2D eigenvalue weighted by molar-refractivity contribution is 5.77. The molecule has 1 fully saturated rings. The number of hydrogen-bond acceptors (Lipinski definition) is 3. The molecule has 16 heavy (non-hydrogen) atoms. The summed E-state index contributed by atoms with van der Waals surface area (Å²) in [4.78, 5) is 24.2. The number of nitrogens with zero attached hydrogens (tertiary/aromatic N) is 1. The molecule has 0 aromatic carbocycles. The second kappa shape index (κ2) is 6.48. The minimum Gasteiger partial charge on any atom is -0.480 e. The zero-order chi connectivity index (χ0) is 12.0. The fourth-order valence-corrected chi connectivity index (χ4v) is 1.88. The van der Waals surface area contributed by atoms with Crippen molar-refractivity contribution in [2.24, 2.45) is 0 Å². The van der Waals surface area contributed by atoms with Crippen molar-refractivity contribution in [2.75, 3.05) is 19.6 Å². The van der Waals surface area contributed by atoms with Gasteiger partial charge in [0.25, 0.3) is 0 Å². The molecule has 0 aromatic rings. The fourth-order valence-electron chi connectivity index (χ4n) is 1.88. The highest BCUT2D eigenvalue weighted by Crippen LogP contribution is 2.08. The number of carbonyl (C=O) groups excluding carboxylic acids is 1. The maximum Gasteiger partial charge on any atom is 0.320 e. The van der Waals surface area contributed by atoms with Gasteiger partial charge in [-0.3, -0.25) is 9.59 Å². The second-order valence-electron chi connectivity index (χ2n) is 4.09. The van der Waals surface area contributed by atoms with E-state index in [0.29, 0.717) is 19.4 Å². The van der Waals surface area contributed by atoms with E-state index in [9.17, 15) is 9.59 Å². The van der Waals surface area contributed by atoms with E-state index in [0.717, 1.165) is 25.9 Å². The van der Waals surface area contributed by atoms with E-state index in [1.54, 1.807) is 0 Å². The molecule has 0 saturated carbocycles. The summed E-state index contributed by atoms with van der Waals surface area (Å²) in [5.74, 6) is -0.721. The van der Waals surface area contributed by atoms with Gasteiger partial charge in [-0.2, -0.15) is 0 Å². The molecule has 0 aromatic heterocycles. The summed E-state index contributed by atoms with van der Waals surface area (Å²) in [5.41, 5.74) is 0. The number of carboxylic acids is 1. The number of amides is 1. The summed E-state index contributed by atoms with van der Waals surface area (Å²) in [7, 11) is 0. The number of carboxylic acid groups (broad SMARTS) is 1. The topological polar surface area (TPSA) is 69.6 Å². The Morgan fingerprint density at radius 2 is 2.00 bits per heavy atom. The molecule has 0 bridgehead atoms. The van der Waals surface area contributed by atoms with Gasteiger partial charge < -0.3 is 15.3 Å². The van der Waals surface area contributed by atoms with Gasteiger partial charge in [0.15, 0.2) is 0 Å². The van der Waals surface area contributed by atoms with Crippen molar-refractivity contribution < 1.29 is 14.7 Å². The molecule has 0 radical (unpaired) electrons. The minimum atomic E-state index is -0.851. The van der Waals surface area contributed by atoms with Crippen molar-refractivity contribution in [3.8, 4) is 0 Å². The van der Waals surface area contributed by atoms with Crippen molar-refractivity contribution in [2.45, 2.75) is 38.6 Å². The molecule has 1 saturated heterocycles. The summed E-state index contributed by atoms with van der Waals surface area (Å²) < 4.78 is 0. The van der Waals surface area contributed by atoms with E-state index < -0.39 is 12.0 Å². The first-order chi connectivity index (χ1) is 7.65. The molecule has 5 nitrogen and oxygen atoms in total. The summed E-state index contributed by atoms with van der Waals surface area (Å²) in [6.07, 6.45) is 3.11. The first kappa shape index (κ1) is 13.0. The fraction of sp³-hybridized carbons (Fsp3) is 0.818. The van der Waals surface area contributed by atoms with Crippen LogP contribution in [0.25, 0.3) is 0 Å². The van der Waals surface area contributed by atoms with Gasteiger partial charge >= 0.3 is 5.97 Å². The number of carbonyl (C=O) groups is 2. The first-order valence-electron chi connectivity index (χ1n) is 5.89. The molecule has 1 unspecified atom stereocenters. The van der Waals surface area contributed by atoms with E-state index in [-0.39, 0.29) is 5.91 Å². The largest absolute Gasteiger partial charge is 0.480 e. The molecular weight excluding hydrogens is 208 g/mol.